The van der Waals surface area contributed by atoms with E-state index >= 15 is 0 Å². The van der Waals surface area contributed by atoms with Gasteiger partial charge in [-0.05, 0) is 0 Å². The third-order valence-electron chi connectivity index (χ3n) is 2.33. The molecule has 1 aliphatic rings. The maximum absolute atomic E-state index is 11.2. The zero-order valence-electron chi connectivity index (χ0n) is 8.59. The van der Waals surface area contributed by atoms with Gasteiger partial charge in [0.2, 0.25) is 5.91 Å². The van der Waals surface area contributed by atoms with Gasteiger partial charge >= 0.3 is 0 Å². The summed E-state index contributed by atoms with van der Waals surface area (Å²) in [5, 5.41) is 6.04. The smallest absolute Gasteiger partial charge is 0.221 e. The first-order valence-electron chi connectivity index (χ1n) is 5.23. The zero-order valence-corrected chi connectivity index (χ0v) is 8.59. The van der Waals surface area contributed by atoms with Crippen molar-refractivity contribution in [2.45, 2.75) is 6.42 Å². The van der Waals surface area contributed by atoms with Gasteiger partial charge in [-0.1, -0.05) is 0 Å². The molecule has 0 unspecified atom stereocenters. The maximum atomic E-state index is 11.2. The van der Waals surface area contributed by atoms with E-state index in [4.69, 9.17) is 5.73 Å². The molecule has 0 aromatic heterocycles. The number of nitrogens with one attached hydrogen (secondary N) is 2. The van der Waals surface area contributed by atoms with Gasteiger partial charge in [0.1, 0.15) is 0 Å². The van der Waals surface area contributed by atoms with Gasteiger partial charge in [0.25, 0.3) is 0 Å². The summed E-state index contributed by atoms with van der Waals surface area (Å²) in [6.07, 6.45) is 0.583. The number of hydrogen-bond donors (Lipinski definition) is 3. The molecule has 0 spiro atoms. The highest BCUT2D eigenvalue weighted by atomic mass is 16.1. The van der Waals surface area contributed by atoms with Crippen molar-refractivity contribution in [1.29, 1.82) is 0 Å². The van der Waals surface area contributed by atoms with Crippen LogP contribution in [0.25, 0.3) is 0 Å². The monoisotopic (exact) mass is 200 g/mol. The van der Waals surface area contributed by atoms with E-state index in [2.05, 4.69) is 15.5 Å². The molecule has 1 rings (SSSR count). The van der Waals surface area contributed by atoms with E-state index in [0.29, 0.717) is 19.5 Å². The van der Waals surface area contributed by atoms with Crippen LogP contribution in [0.5, 0.6) is 0 Å². The Morgan fingerprint density at radius 3 is 2.79 bits per heavy atom. The molecule has 5 heteroatoms. The van der Waals surface area contributed by atoms with Crippen molar-refractivity contribution in [3.63, 3.8) is 0 Å². The average molecular weight is 200 g/mol. The van der Waals surface area contributed by atoms with E-state index in [1.165, 1.54) is 0 Å². The second kappa shape index (κ2) is 6.75. The quantitative estimate of drug-likeness (QED) is 0.498. The number of rotatable bonds is 5. The predicted molar refractivity (Wildman–Crippen MR) is 56.0 cm³/mol. The van der Waals surface area contributed by atoms with Crippen LogP contribution in [0.4, 0.5) is 0 Å². The number of piperazine rings is 1. The highest BCUT2D eigenvalue weighted by molar-refractivity contribution is 5.76. The van der Waals surface area contributed by atoms with E-state index in [1.54, 1.807) is 0 Å². The summed E-state index contributed by atoms with van der Waals surface area (Å²) >= 11 is 0. The van der Waals surface area contributed by atoms with Crippen LogP contribution in [0, 0.1) is 0 Å². The largest absolute Gasteiger partial charge is 0.355 e. The van der Waals surface area contributed by atoms with Gasteiger partial charge in [0.15, 0.2) is 0 Å². The van der Waals surface area contributed by atoms with Crippen molar-refractivity contribution in [1.82, 2.24) is 15.5 Å². The van der Waals surface area contributed by atoms with Crippen molar-refractivity contribution in [2.75, 3.05) is 45.8 Å². The molecule has 1 heterocycles. The van der Waals surface area contributed by atoms with Gasteiger partial charge in [-0.2, -0.15) is 0 Å². The molecule has 0 atom stereocenters. The number of carbonyl (C=O) groups excluding carboxylic acids is 1. The van der Waals surface area contributed by atoms with Crippen LogP contribution < -0.4 is 16.4 Å². The van der Waals surface area contributed by atoms with Crippen LogP contribution in [-0.4, -0.2) is 56.6 Å². The average Bonchev–Trinajstić information content (AvgIpc) is 2.25. The Labute approximate surface area is 85.0 Å². The molecular formula is C9H20N4O. The van der Waals surface area contributed by atoms with Crippen molar-refractivity contribution < 1.29 is 4.79 Å². The van der Waals surface area contributed by atoms with Gasteiger partial charge in [-0.3, -0.25) is 4.79 Å². The van der Waals surface area contributed by atoms with Gasteiger partial charge in [0, 0.05) is 52.2 Å². The Hall–Kier alpha value is -0.650. The van der Waals surface area contributed by atoms with E-state index < -0.39 is 0 Å². The van der Waals surface area contributed by atoms with E-state index in [1.807, 2.05) is 0 Å². The lowest BCUT2D eigenvalue weighted by atomic mass is 10.3. The molecule has 1 aliphatic heterocycles. The van der Waals surface area contributed by atoms with E-state index in [9.17, 15) is 4.79 Å². The Bertz CT molecular complexity index is 168. The Kier molecular flexibility index (Phi) is 5.51. The summed E-state index contributed by atoms with van der Waals surface area (Å²) in [5.41, 5.74) is 5.28. The summed E-state index contributed by atoms with van der Waals surface area (Å²) in [4.78, 5) is 13.5. The van der Waals surface area contributed by atoms with Crippen molar-refractivity contribution in [3.8, 4) is 0 Å². The lowest BCUT2D eigenvalue weighted by Crippen LogP contribution is -2.44. The zero-order chi connectivity index (χ0) is 10.2. The third kappa shape index (κ3) is 4.55. The van der Waals surface area contributed by atoms with Crippen molar-refractivity contribution >= 4 is 5.91 Å². The molecule has 0 radical (unpaired) electrons. The first-order valence-corrected chi connectivity index (χ1v) is 5.23. The predicted octanol–water partition coefficient (Wildman–Crippen LogP) is -1.64. The molecular weight excluding hydrogens is 180 g/mol. The van der Waals surface area contributed by atoms with Gasteiger partial charge in [-0.25, -0.2) is 0 Å². The fraction of sp³-hybridized carbons (Fsp3) is 0.889. The lowest BCUT2D eigenvalue weighted by Gasteiger charge is -2.26. The fourth-order valence-electron chi connectivity index (χ4n) is 1.49. The summed E-state index contributed by atoms with van der Waals surface area (Å²) in [6, 6.07) is 0. The van der Waals surface area contributed by atoms with Crippen LogP contribution >= 0.6 is 0 Å². The summed E-state index contributed by atoms with van der Waals surface area (Å²) in [5.74, 6) is 0.106. The molecule has 0 aromatic rings. The fourth-order valence-corrected chi connectivity index (χ4v) is 1.49. The van der Waals surface area contributed by atoms with Gasteiger partial charge in [0.05, 0.1) is 0 Å². The minimum atomic E-state index is 0.106. The molecule has 1 saturated heterocycles. The lowest BCUT2D eigenvalue weighted by molar-refractivity contribution is -0.121. The summed E-state index contributed by atoms with van der Waals surface area (Å²) < 4.78 is 0. The maximum Gasteiger partial charge on any atom is 0.221 e. The molecule has 5 nitrogen and oxygen atoms in total. The second-order valence-corrected chi connectivity index (χ2v) is 3.48. The van der Waals surface area contributed by atoms with Crippen LogP contribution in [0.15, 0.2) is 0 Å². The number of amides is 1. The van der Waals surface area contributed by atoms with Crippen LogP contribution in [0.3, 0.4) is 0 Å². The molecule has 0 saturated carbocycles. The first kappa shape index (κ1) is 11.4. The highest BCUT2D eigenvalue weighted by Gasteiger charge is 2.10. The highest BCUT2D eigenvalue weighted by Crippen LogP contribution is 1.93. The molecule has 0 aliphatic carbocycles. The molecule has 4 N–H and O–H groups in total. The van der Waals surface area contributed by atoms with E-state index in [0.717, 1.165) is 32.7 Å². The van der Waals surface area contributed by atoms with Gasteiger partial charge in [-0.15, -0.1) is 0 Å². The summed E-state index contributed by atoms with van der Waals surface area (Å²) in [6.45, 7) is 6.11. The summed E-state index contributed by atoms with van der Waals surface area (Å²) in [7, 11) is 0. The number of nitrogens with two attached hydrogens (primary N) is 1. The Balaban J connectivity index is 2.03. The van der Waals surface area contributed by atoms with Crippen LogP contribution in [0.1, 0.15) is 6.42 Å². The SMILES string of the molecule is NCCNC(=O)CCN1CCNCC1. The van der Waals surface area contributed by atoms with Gasteiger partial charge < -0.3 is 21.3 Å². The number of hydrogen-bond acceptors (Lipinski definition) is 4. The second-order valence-electron chi connectivity index (χ2n) is 3.48. The van der Waals surface area contributed by atoms with Crippen molar-refractivity contribution in [3.05, 3.63) is 0 Å². The minimum absolute atomic E-state index is 0.106. The van der Waals surface area contributed by atoms with Crippen LogP contribution in [-0.2, 0) is 4.79 Å². The topological polar surface area (TPSA) is 70.4 Å². The van der Waals surface area contributed by atoms with E-state index in [-0.39, 0.29) is 5.91 Å². The third-order valence-corrected chi connectivity index (χ3v) is 2.33. The molecule has 0 bridgehead atoms. The van der Waals surface area contributed by atoms with Crippen LogP contribution in [0.2, 0.25) is 0 Å². The molecule has 1 amide bonds. The molecule has 0 aromatic carbocycles. The molecule has 14 heavy (non-hydrogen) atoms. The molecule has 1 fully saturated rings. The Morgan fingerprint density at radius 2 is 2.14 bits per heavy atom. The van der Waals surface area contributed by atoms with Crippen molar-refractivity contribution in [2.24, 2.45) is 5.73 Å². The first-order chi connectivity index (χ1) is 6.83. The number of carbonyl (C=O) groups is 1. The standard InChI is InChI=1S/C9H20N4O/c10-2-3-12-9(14)1-6-13-7-4-11-5-8-13/h11H,1-8,10H2,(H,12,14). The normalized spacial score (nSPS) is 18.1. The molecule has 82 valence electrons. The minimum Gasteiger partial charge on any atom is -0.355 e. The Morgan fingerprint density at radius 1 is 1.43 bits per heavy atom. The number of nitrogens with zero attached hydrogens (tertiary/aromatic N) is 1.